The van der Waals surface area contributed by atoms with E-state index >= 15 is 0 Å². The van der Waals surface area contributed by atoms with E-state index in [0.29, 0.717) is 13.0 Å². The van der Waals surface area contributed by atoms with E-state index in [4.69, 9.17) is 4.74 Å². The molecule has 5 nitrogen and oxygen atoms in total. The van der Waals surface area contributed by atoms with Gasteiger partial charge in [-0.1, -0.05) is 6.92 Å². The summed E-state index contributed by atoms with van der Waals surface area (Å²) in [5.41, 5.74) is 2.82. The third-order valence-electron chi connectivity index (χ3n) is 4.09. The van der Waals surface area contributed by atoms with Crippen molar-refractivity contribution in [1.29, 1.82) is 0 Å². The van der Waals surface area contributed by atoms with Gasteiger partial charge in [-0.25, -0.2) is 0 Å². The molecule has 0 fully saturated rings. The van der Waals surface area contributed by atoms with Crippen molar-refractivity contribution < 1.29 is 9.53 Å². The van der Waals surface area contributed by atoms with Gasteiger partial charge < -0.3 is 14.6 Å². The lowest BCUT2D eigenvalue weighted by Crippen LogP contribution is -2.22. The summed E-state index contributed by atoms with van der Waals surface area (Å²) in [6.45, 7) is 4.57. The molecule has 0 radical (unpaired) electrons. The Balaban J connectivity index is 1.79. The molecule has 1 aliphatic rings. The lowest BCUT2D eigenvalue weighted by molar-refractivity contribution is 0.0972. The molecule has 3 rings (SSSR count). The average molecular weight is 313 g/mol. The second kappa shape index (κ2) is 7.42. The Morgan fingerprint density at radius 3 is 3.09 bits per heavy atom. The van der Waals surface area contributed by atoms with Crippen LogP contribution in [-0.4, -0.2) is 35.0 Å². The minimum atomic E-state index is 0.236. The molecule has 5 heteroatoms. The zero-order valence-electron chi connectivity index (χ0n) is 13.5. The summed E-state index contributed by atoms with van der Waals surface area (Å²) >= 11 is 0. The molecule has 2 aromatic heterocycles. The zero-order valence-corrected chi connectivity index (χ0v) is 13.5. The fraction of sp³-hybridized carbons (Fsp3) is 0.444. The number of nitrogens with one attached hydrogen (secondary N) is 1. The molecule has 1 N–H and O–H groups in total. The smallest absolute Gasteiger partial charge is 0.164 e. The number of nitrogens with zero attached hydrogens (tertiary/aromatic N) is 2. The summed E-state index contributed by atoms with van der Waals surface area (Å²) in [5, 5.41) is 3.32. The summed E-state index contributed by atoms with van der Waals surface area (Å²) in [7, 11) is 0. The maximum atomic E-state index is 12.0. The van der Waals surface area contributed by atoms with Gasteiger partial charge in [-0.15, -0.1) is 0 Å². The lowest BCUT2D eigenvalue weighted by Gasteiger charge is -2.17. The number of ketones is 1. The van der Waals surface area contributed by atoms with E-state index in [9.17, 15) is 4.79 Å². The number of hydrogen-bond donors (Lipinski definition) is 1. The van der Waals surface area contributed by atoms with Gasteiger partial charge in [0, 0.05) is 42.7 Å². The summed E-state index contributed by atoms with van der Waals surface area (Å²) in [5.74, 6) is 1.04. The standard InChI is InChI=1S/C18H23N3O2/c1-2-8-19-10-12-23-18-6-9-20-13-16(18)21-11-7-14-15(21)4-3-5-17(14)22/h6-7,9,11,13,19H,2-5,8,10,12H2,1H3. The SMILES string of the molecule is CCCNCCOc1ccncc1-n1ccc2c1CCCC2=O. The Morgan fingerprint density at radius 1 is 1.30 bits per heavy atom. The summed E-state index contributed by atoms with van der Waals surface area (Å²) in [6.07, 6.45) is 9.08. The molecule has 0 unspecified atom stereocenters. The van der Waals surface area contributed by atoms with Gasteiger partial charge in [0.2, 0.25) is 0 Å². The minimum Gasteiger partial charge on any atom is -0.490 e. The van der Waals surface area contributed by atoms with Gasteiger partial charge in [-0.05, 0) is 31.9 Å². The third kappa shape index (κ3) is 3.45. The number of ether oxygens (including phenoxy) is 1. The maximum absolute atomic E-state index is 12.0. The van der Waals surface area contributed by atoms with E-state index in [1.807, 2.05) is 22.9 Å². The maximum Gasteiger partial charge on any atom is 0.164 e. The highest BCUT2D eigenvalue weighted by molar-refractivity contribution is 5.98. The number of carbonyl (C=O) groups is 1. The molecule has 2 heterocycles. The van der Waals surface area contributed by atoms with Crippen molar-refractivity contribution in [2.24, 2.45) is 0 Å². The van der Waals surface area contributed by atoms with E-state index in [-0.39, 0.29) is 5.78 Å². The number of fused-ring (bicyclic) bond motifs is 1. The molecule has 2 aromatic rings. The van der Waals surface area contributed by atoms with Crippen LogP contribution < -0.4 is 10.1 Å². The van der Waals surface area contributed by atoms with Crippen LogP contribution in [0.5, 0.6) is 5.75 Å². The van der Waals surface area contributed by atoms with Crippen molar-refractivity contribution in [3.05, 3.63) is 42.0 Å². The number of carbonyl (C=O) groups excluding carboxylic acids is 1. The Labute approximate surface area is 136 Å². The molecule has 0 aromatic carbocycles. The van der Waals surface area contributed by atoms with Crippen molar-refractivity contribution in [2.45, 2.75) is 32.6 Å². The number of aromatic nitrogens is 2. The molecule has 0 bridgehead atoms. The average Bonchev–Trinajstić information content (AvgIpc) is 3.00. The topological polar surface area (TPSA) is 56.1 Å². The van der Waals surface area contributed by atoms with Gasteiger partial charge in [-0.3, -0.25) is 9.78 Å². The zero-order chi connectivity index (χ0) is 16.1. The van der Waals surface area contributed by atoms with Crippen LogP contribution in [-0.2, 0) is 6.42 Å². The van der Waals surface area contributed by atoms with Crippen LogP contribution in [0.3, 0.4) is 0 Å². The number of pyridine rings is 1. The van der Waals surface area contributed by atoms with Crippen LogP contribution in [0.2, 0.25) is 0 Å². The first-order valence-electron chi connectivity index (χ1n) is 8.32. The fourth-order valence-electron chi connectivity index (χ4n) is 2.96. The molecule has 0 saturated heterocycles. The van der Waals surface area contributed by atoms with Crippen molar-refractivity contribution in [3.63, 3.8) is 0 Å². The summed E-state index contributed by atoms with van der Waals surface area (Å²) in [6, 6.07) is 3.79. The third-order valence-corrected chi connectivity index (χ3v) is 4.09. The van der Waals surface area contributed by atoms with Crippen molar-refractivity contribution in [3.8, 4) is 11.4 Å². The van der Waals surface area contributed by atoms with E-state index in [1.165, 1.54) is 0 Å². The van der Waals surface area contributed by atoms with Crippen LogP contribution in [0, 0.1) is 0 Å². The Hall–Kier alpha value is -2.14. The molecule has 0 spiro atoms. The molecule has 122 valence electrons. The predicted molar refractivity (Wildman–Crippen MR) is 89.5 cm³/mol. The molecule has 0 amide bonds. The molecular formula is C18H23N3O2. The monoisotopic (exact) mass is 313 g/mol. The highest BCUT2D eigenvalue weighted by Crippen LogP contribution is 2.29. The number of Topliss-reactive ketones (excluding diaryl/α,β-unsaturated/α-hetero) is 1. The van der Waals surface area contributed by atoms with E-state index in [1.54, 1.807) is 12.4 Å². The van der Waals surface area contributed by atoms with Gasteiger partial charge in [0.05, 0.1) is 6.20 Å². The second-order valence-electron chi connectivity index (χ2n) is 5.76. The van der Waals surface area contributed by atoms with Gasteiger partial charge in [0.15, 0.2) is 5.78 Å². The second-order valence-corrected chi connectivity index (χ2v) is 5.76. The molecule has 1 aliphatic carbocycles. The summed E-state index contributed by atoms with van der Waals surface area (Å²) in [4.78, 5) is 16.2. The van der Waals surface area contributed by atoms with Gasteiger partial charge in [0.25, 0.3) is 0 Å². The predicted octanol–water partition coefficient (Wildman–Crippen LogP) is 2.77. The quantitative estimate of drug-likeness (QED) is 0.799. The van der Waals surface area contributed by atoms with E-state index < -0.39 is 0 Å². The first kappa shape index (κ1) is 15.7. The molecular weight excluding hydrogens is 290 g/mol. The molecule has 0 atom stereocenters. The van der Waals surface area contributed by atoms with Crippen LogP contribution in [0.4, 0.5) is 0 Å². The van der Waals surface area contributed by atoms with Gasteiger partial charge in [0.1, 0.15) is 18.0 Å². The van der Waals surface area contributed by atoms with E-state index in [2.05, 4.69) is 17.2 Å². The van der Waals surface area contributed by atoms with Gasteiger partial charge in [-0.2, -0.15) is 0 Å². The Kier molecular flexibility index (Phi) is 5.08. The number of hydrogen-bond acceptors (Lipinski definition) is 4. The van der Waals surface area contributed by atoms with Crippen molar-refractivity contribution >= 4 is 5.78 Å². The van der Waals surface area contributed by atoms with Crippen LogP contribution in [0.25, 0.3) is 5.69 Å². The molecule has 0 saturated carbocycles. The van der Waals surface area contributed by atoms with Crippen molar-refractivity contribution in [1.82, 2.24) is 14.9 Å². The number of rotatable bonds is 7. The fourth-order valence-corrected chi connectivity index (χ4v) is 2.96. The van der Waals surface area contributed by atoms with Crippen LogP contribution >= 0.6 is 0 Å². The normalized spacial score (nSPS) is 13.9. The van der Waals surface area contributed by atoms with Crippen molar-refractivity contribution in [2.75, 3.05) is 19.7 Å². The van der Waals surface area contributed by atoms with E-state index in [0.717, 1.165) is 55.0 Å². The molecule has 23 heavy (non-hydrogen) atoms. The van der Waals surface area contributed by atoms with Crippen LogP contribution in [0.15, 0.2) is 30.7 Å². The summed E-state index contributed by atoms with van der Waals surface area (Å²) < 4.78 is 7.97. The first-order chi connectivity index (χ1) is 11.3. The van der Waals surface area contributed by atoms with Crippen LogP contribution in [0.1, 0.15) is 42.2 Å². The lowest BCUT2D eigenvalue weighted by atomic mass is 9.97. The first-order valence-corrected chi connectivity index (χ1v) is 8.32. The Morgan fingerprint density at radius 2 is 2.22 bits per heavy atom. The Bertz CT molecular complexity index is 679. The largest absolute Gasteiger partial charge is 0.490 e. The highest BCUT2D eigenvalue weighted by atomic mass is 16.5. The highest BCUT2D eigenvalue weighted by Gasteiger charge is 2.22. The van der Waals surface area contributed by atoms with Gasteiger partial charge >= 0.3 is 0 Å². The molecule has 0 aliphatic heterocycles. The minimum absolute atomic E-state index is 0.236.